The molecule has 2 aliphatic rings. The summed E-state index contributed by atoms with van der Waals surface area (Å²) in [4.78, 5) is 4.74. The number of likely N-dealkylation sites (N-methyl/N-ethyl adjacent to an activating group) is 1. The van der Waals surface area contributed by atoms with Crippen LogP contribution in [0.1, 0.15) is 12.5 Å². The summed E-state index contributed by atoms with van der Waals surface area (Å²) < 4.78 is 16.3. The number of hydrogen-bond donors (Lipinski definition) is 1. The third-order valence-corrected chi connectivity index (χ3v) is 4.40. The van der Waals surface area contributed by atoms with E-state index >= 15 is 0 Å². The maximum atomic E-state index is 10.1. The van der Waals surface area contributed by atoms with Crippen LogP contribution in [-0.2, 0) is 11.3 Å². The second-order valence-electron chi connectivity index (χ2n) is 6.09. The van der Waals surface area contributed by atoms with Crippen molar-refractivity contribution in [3.8, 4) is 11.5 Å². The smallest absolute Gasteiger partial charge is 0.231 e. The Balaban J connectivity index is 0.00000156. The van der Waals surface area contributed by atoms with Gasteiger partial charge < -0.3 is 24.2 Å². The van der Waals surface area contributed by atoms with Gasteiger partial charge in [-0.3, -0.25) is 4.90 Å². The summed E-state index contributed by atoms with van der Waals surface area (Å²) >= 11 is 0. The average molecular weight is 395 g/mol. The molecule has 25 heavy (non-hydrogen) atoms. The van der Waals surface area contributed by atoms with Crippen molar-refractivity contribution >= 4 is 24.8 Å². The van der Waals surface area contributed by atoms with Crippen LogP contribution in [0.4, 0.5) is 0 Å². The van der Waals surface area contributed by atoms with Gasteiger partial charge in [0.15, 0.2) is 11.5 Å². The fourth-order valence-electron chi connectivity index (χ4n) is 2.98. The van der Waals surface area contributed by atoms with Gasteiger partial charge in [0.25, 0.3) is 0 Å². The SMILES string of the molecule is CCN1CCN(CC(O)COCc2ccc3c(c2)OCO3)CC1.Cl.Cl. The van der Waals surface area contributed by atoms with Gasteiger partial charge in [-0.2, -0.15) is 0 Å². The molecule has 0 amide bonds. The molecular weight excluding hydrogens is 367 g/mol. The monoisotopic (exact) mass is 394 g/mol. The van der Waals surface area contributed by atoms with Crippen molar-refractivity contribution in [2.45, 2.75) is 19.6 Å². The van der Waals surface area contributed by atoms with Gasteiger partial charge in [-0.15, -0.1) is 24.8 Å². The van der Waals surface area contributed by atoms with Crippen molar-refractivity contribution in [2.24, 2.45) is 0 Å². The third-order valence-electron chi connectivity index (χ3n) is 4.40. The first kappa shape index (κ1) is 22.3. The Morgan fingerprint density at radius 1 is 1.08 bits per heavy atom. The van der Waals surface area contributed by atoms with Crippen molar-refractivity contribution in [3.63, 3.8) is 0 Å². The predicted molar refractivity (Wildman–Crippen MR) is 101 cm³/mol. The summed E-state index contributed by atoms with van der Waals surface area (Å²) in [5, 5.41) is 10.1. The molecule has 0 bridgehead atoms. The highest BCUT2D eigenvalue weighted by Gasteiger charge is 2.18. The topological polar surface area (TPSA) is 54.4 Å². The molecule has 0 aromatic heterocycles. The minimum absolute atomic E-state index is 0. The van der Waals surface area contributed by atoms with E-state index in [1.807, 2.05) is 18.2 Å². The van der Waals surface area contributed by atoms with Crippen molar-refractivity contribution in [2.75, 3.05) is 52.7 Å². The molecule has 2 aliphatic heterocycles. The molecular formula is C17H28Cl2N2O4. The molecule has 1 fully saturated rings. The fourth-order valence-corrected chi connectivity index (χ4v) is 2.98. The highest BCUT2D eigenvalue weighted by atomic mass is 35.5. The van der Waals surface area contributed by atoms with Gasteiger partial charge in [0.1, 0.15) is 0 Å². The number of hydrogen-bond acceptors (Lipinski definition) is 6. The van der Waals surface area contributed by atoms with Gasteiger partial charge in [0.05, 0.1) is 19.3 Å². The van der Waals surface area contributed by atoms with E-state index in [1.165, 1.54) is 0 Å². The van der Waals surface area contributed by atoms with Crippen LogP contribution in [0.5, 0.6) is 11.5 Å². The van der Waals surface area contributed by atoms with Gasteiger partial charge in [-0.1, -0.05) is 13.0 Å². The van der Waals surface area contributed by atoms with Crippen molar-refractivity contribution < 1.29 is 19.3 Å². The first-order valence-corrected chi connectivity index (χ1v) is 8.33. The summed E-state index contributed by atoms with van der Waals surface area (Å²) in [7, 11) is 0. The van der Waals surface area contributed by atoms with Gasteiger partial charge in [-0.25, -0.2) is 0 Å². The molecule has 0 radical (unpaired) electrons. The summed E-state index contributed by atoms with van der Waals surface area (Å²) in [5.41, 5.74) is 1.03. The lowest BCUT2D eigenvalue weighted by molar-refractivity contribution is 0.00175. The number of nitrogens with zero attached hydrogens (tertiary/aromatic N) is 2. The predicted octanol–water partition coefficient (Wildman–Crippen LogP) is 1.77. The first-order chi connectivity index (χ1) is 11.2. The minimum Gasteiger partial charge on any atom is -0.454 e. The summed E-state index contributed by atoms with van der Waals surface area (Å²) in [6.07, 6.45) is -0.447. The molecule has 0 spiro atoms. The Hall–Kier alpha value is -0.760. The van der Waals surface area contributed by atoms with E-state index < -0.39 is 6.10 Å². The molecule has 1 aromatic carbocycles. The number of fused-ring (bicyclic) bond motifs is 1. The number of β-amino-alcohol motifs (C(OH)–C–C–N with tert-alkyl or cyclic N) is 1. The second-order valence-corrected chi connectivity index (χ2v) is 6.09. The number of ether oxygens (including phenoxy) is 3. The van der Waals surface area contributed by atoms with E-state index in [9.17, 15) is 5.11 Å². The molecule has 1 unspecified atom stereocenters. The first-order valence-electron chi connectivity index (χ1n) is 8.33. The van der Waals surface area contributed by atoms with Gasteiger partial charge >= 0.3 is 0 Å². The Morgan fingerprint density at radius 2 is 1.76 bits per heavy atom. The van der Waals surface area contributed by atoms with Crippen LogP contribution in [0.3, 0.4) is 0 Å². The third kappa shape index (κ3) is 6.47. The number of benzene rings is 1. The zero-order valence-corrected chi connectivity index (χ0v) is 16.2. The Labute approximate surface area is 161 Å². The molecule has 3 rings (SSSR count). The molecule has 1 saturated heterocycles. The van der Waals surface area contributed by atoms with Crippen LogP contribution < -0.4 is 9.47 Å². The summed E-state index contributed by atoms with van der Waals surface area (Å²) in [5.74, 6) is 1.54. The maximum absolute atomic E-state index is 10.1. The standard InChI is InChI=1S/C17H26N2O4.2ClH/c1-2-18-5-7-19(8-6-18)10-15(20)12-21-11-14-3-4-16-17(9-14)23-13-22-16;;/h3-4,9,15,20H,2,5-8,10-13H2,1H3;2*1H. The lowest BCUT2D eigenvalue weighted by atomic mass is 10.2. The van der Waals surface area contributed by atoms with Gasteiger partial charge in [0, 0.05) is 32.7 Å². The molecule has 6 nitrogen and oxygen atoms in total. The maximum Gasteiger partial charge on any atom is 0.231 e. The van der Waals surface area contributed by atoms with Gasteiger partial charge in [-0.05, 0) is 24.2 Å². The number of aliphatic hydroxyl groups excluding tert-OH is 1. The zero-order valence-electron chi connectivity index (χ0n) is 14.6. The fraction of sp³-hybridized carbons (Fsp3) is 0.647. The highest BCUT2D eigenvalue weighted by Crippen LogP contribution is 2.32. The van der Waals surface area contributed by atoms with Crippen molar-refractivity contribution in [1.82, 2.24) is 9.80 Å². The molecule has 2 heterocycles. The Bertz CT molecular complexity index is 513. The Kier molecular flexibility index (Phi) is 9.86. The Morgan fingerprint density at radius 3 is 2.48 bits per heavy atom. The molecule has 0 saturated carbocycles. The van der Waals surface area contributed by atoms with Crippen molar-refractivity contribution in [3.05, 3.63) is 23.8 Å². The lowest BCUT2D eigenvalue weighted by Gasteiger charge is -2.34. The normalized spacial score (nSPS) is 18.3. The summed E-state index contributed by atoms with van der Waals surface area (Å²) in [6, 6.07) is 5.78. The van der Waals surface area contributed by atoms with E-state index in [0.29, 0.717) is 19.8 Å². The molecule has 144 valence electrons. The minimum atomic E-state index is -0.447. The molecule has 1 atom stereocenters. The second kappa shape index (κ2) is 11.1. The van der Waals surface area contributed by atoms with Crippen LogP contribution >= 0.6 is 24.8 Å². The van der Waals surface area contributed by atoms with Crippen LogP contribution in [0.2, 0.25) is 0 Å². The van der Waals surface area contributed by atoms with Crippen molar-refractivity contribution in [1.29, 1.82) is 0 Å². The van der Waals surface area contributed by atoms with E-state index in [-0.39, 0.29) is 31.6 Å². The molecule has 1 N–H and O–H groups in total. The van der Waals surface area contributed by atoms with Gasteiger partial charge in [0.2, 0.25) is 6.79 Å². The van der Waals surface area contributed by atoms with E-state index in [0.717, 1.165) is 49.8 Å². The lowest BCUT2D eigenvalue weighted by Crippen LogP contribution is -2.48. The number of halogens is 2. The quantitative estimate of drug-likeness (QED) is 0.760. The van der Waals surface area contributed by atoms with Crippen LogP contribution in [-0.4, -0.2) is 73.7 Å². The molecule has 1 aromatic rings. The van der Waals surface area contributed by atoms with E-state index in [1.54, 1.807) is 0 Å². The van der Waals surface area contributed by atoms with Crippen LogP contribution in [0, 0.1) is 0 Å². The van der Waals surface area contributed by atoms with E-state index in [2.05, 4.69) is 16.7 Å². The largest absolute Gasteiger partial charge is 0.454 e. The van der Waals surface area contributed by atoms with Crippen LogP contribution in [0.15, 0.2) is 18.2 Å². The average Bonchev–Trinajstić information content (AvgIpc) is 3.03. The molecule has 8 heteroatoms. The number of rotatable bonds is 7. The highest BCUT2D eigenvalue weighted by molar-refractivity contribution is 5.85. The number of piperazine rings is 1. The molecule has 0 aliphatic carbocycles. The zero-order chi connectivity index (χ0) is 16.1. The summed E-state index contributed by atoms with van der Waals surface area (Å²) in [6.45, 7) is 9.29. The van der Waals surface area contributed by atoms with E-state index in [4.69, 9.17) is 14.2 Å². The number of aliphatic hydroxyl groups is 1. The van der Waals surface area contributed by atoms with Crippen LogP contribution in [0.25, 0.3) is 0 Å².